The summed E-state index contributed by atoms with van der Waals surface area (Å²) in [6.07, 6.45) is 3.50. The lowest BCUT2D eigenvalue weighted by molar-refractivity contribution is 0.634. The zero-order valence-corrected chi connectivity index (χ0v) is 9.28. The summed E-state index contributed by atoms with van der Waals surface area (Å²) in [4.78, 5) is 10.6. The third kappa shape index (κ3) is 2.87. The fraction of sp³-hybridized carbons (Fsp3) is 0.600. The fourth-order valence-electron chi connectivity index (χ4n) is 1.30. The first-order valence-electron chi connectivity index (χ1n) is 4.84. The number of nitrogens with zero attached hydrogens (tertiary/aromatic N) is 3. The van der Waals surface area contributed by atoms with Crippen molar-refractivity contribution in [2.24, 2.45) is 5.92 Å². The minimum Gasteiger partial charge on any atom is -0.372 e. The lowest BCUT2D eigenvalue weighted by Gasteiger charge is -2.20. The van der Waals surface area contributed by atoms with Gasteiger partial charge in [0, 0.05) is 20.6 Å². The second kappa shape index (κ2) is 4.79. The van der Waals surface area contributed by atoms with Gasteiger partial charge in [0.2, 0.25) is 0 Å². The maximum atomic E-state index is 4.40. The van der Waals surface area contributed by atoms with E-state index in [9.17, 15) is 0 Å². The second-order valence-electron chi connectivity index (χ2n) is 3.79. The van der Waals surface area contributed by atoms with Crippen LogP contribution in [-0.2, 0) is 0 Å². The smallest absolute Gasteiger partial charge is 0.149 e. The van der Waals surface area contributed by atoms with E-state index in [0.29, 0.717) is 5.92 Å². The normalized spacial score (nSPS) is 10.4. The molecule has 0 amide bonds. The van der Waals surface area contributed by atoms with Gasteiger partial charge in [-0.15, -0.1) is 0 Å². The molecule has 1 rings (SSSR count). The molecule has 0 atom stereocenters. The van der Waals surface area contributed by atoms with Crippen LogP contribution in [0.25, 0.3) is 0 Å². The first-order valence-corrected chi connectivity index (χ1v) is 4.84. The topological polar surface area (TPSA) is 41.1 Å². The average molecular weight is 194 g/mol. The Balaban J connectivity index is 2.73. The van der Waals surface area contributed by atoms with Crippen molar-refractivity contribution < 1.29 is 0 Å². The molecule has 0 aliphatic carbocycles. The highest BCUT2D eigenvalue weighted by molar-refractivity contribution is 5.42. The Labute approximate surface area is 85.4 Å². The highest BCUT2D eigenvalue weighted by Crippen LogP contribution is 2.11. The van der Waals surface area contributed by atoms with Gasteiger partial charge < -0.3 is 10.2 Å². The van der Waals surface area contributed by atoms with Crippen molar-refractivity contribution in [3.05, 3.63) is 12.4 Å². The number of nitrogens with one attached hydrogen (secondary N) is 1. The number of anilines is 2. The van der Waals surface area contributed by atoms with E-state index in [2.05, 4.69) is 34.0 Å². The molecule has 4 nitrogen and oxygen atoms in total. The molecule has 1 N–H and O–H groups in total. The molecule has 0 saturated heterocycles. The molecule has 14 heavy (non-hydrogen) atoms. The number of rotatable bonds is 4. The van der Waals surface area contributed by atoms with E-state index in [1.807, 2.05) is 14.1 Å². The van der Waals surface area contributed by atoms with Crippen LogP contribution in [0.3, 0.4) is 0 Å². The van der Waals surface area contributed by atoms with Gasteiger partial charge in [-0.25, -0.2) is 4.98 Å². The molecule has 4 heteroatoms. The second-order valence-corrected chi connectivity index (χ2v) is 3.79. The summed E-state index contributed by atoms with van der Waals surface area (Å²) in [5.41, 5.74) is 0. The van der Waals surface area contributed by atoms with Crippen molar-refractivity contribution in [1.29, 1.82) is 0 Å². The fourth-order valence-corrected chi connectivity index (χ4v) is 1.30. The molecule has 1 aromatic heterocycles. The Morgan fingerprint density at radius 3 is 2.71 bits per heavy atom. The van der Waals surface area contributed by atoms with Crippen LogP contribution in [0.4, 0.5) is 11.6 Å². The Morgan fingerprint density at radius 2 is 2.14 bits per heavy atom. The van der Waals surface area contributed by atoms with E-state index in [0.717, 1.165) is 18.2 Å². The number of hydrogen-bond donors (Lipinski definition) is 1. The van der Waals surface area contributed by atoms with E-state index < -0.39 is 0 Å². The van der Waals surface area contributed by atoms with Gasteiger partial charge in [-0.2, -0.15) is 0 Å². The molecule has 0 unspecified atom stereocenters. The molecule has 1 heterocycles. The minimum absolute atomic E-state index is 0.625. The average Bonchev–Trinajstić information content (AvgIpc) is 2.17. The van der Waals surface area contributed by atoms with Gasteiger partial charge in [0.15, 0.2) is 0 Å². The van der Waals surface area contributed by atoms with Gasteiger partial charge in [0.05, 0.1) is 12.4 Å². The van der Waals surface area contributed by atoms with E-state index >= 15 is 0 Å². The van der Waals surface area contributed by atoms with Gasteiger partial charge in [-0.05, 0) is 5.92 Å². The summed E-state index contributed by atoms with van der Waals surface area (Å²) < 4.78 is 0. The Morgan fingerprint density at radius 1 is 1.43 bits per heavy atom. The maximum absolute atomic E-state index is 4.40. The van der Waals surface area contributed by atoms with Crippen LogP contribution >= 0.6 is 0 Å². The largest absolute Gasteiger partial charge is 0.372 e. The zero-order valence-electron chi connectivity index (χ0n) is 9.28. The standard InChI is InChI=1S/C10H18N4/c1-8(2)7-14(4)10-6-12-5-9(11-3)13-10/h5-6,8H,7H2,1-4H3,(H,11,13). The summed E-state index contributed by atoms with van der Waals surface area (Å²) in [7, 11) is 3.87. The molecule has 1 aromatic rings. The Hall–Kier alpha value is -1.32. The van der Waals surface area contributed by atoms with Crippen molar-refractivity contribution in [1.82, 2.24) is 9.97 Å². The molecule has 78 valence electrons. The first-order chi connectivity index (χ1) is 6.63. The van der Waals surface area contributed by atoms with Gasteiger partial charge in [-0.3, -0.25) is 4.98 Å². The van der Waals surface area contributed by atoms with E-state index in [1.165, 1.54) is 0 Å². The van der Waals surface area contributed by atoms with E-state index in [4.69, 9.17) is 0 Å². The maximum Gasteiger partial charge on any atom is 0.149 e. The van der Waals surface area contributed by atoms with E-state index in [-0.39, 0.29) is 0 Å². The molecular formula is C10H18N4. The summed E-state index contributed by atoms with van der Waals surface area (Å²) in [5.74, 6) is 2.34. The molecule has 0 fully saturated rings. The Bertz CT molecular complexity index is 285. The summed E-state index contributed by atoms with van der Waals surface area (Å²) in [6, 6.07) is 0. The van der Waals surface area contributed by atoms with Crippen LogP contribution in [0.1, 0.15) is 13.8 Å². The minimum atomic E-state index is 0.625. The summed E-state index contributed by atoms with van der Waals surface area (Å²) in [5, 5.41) is 2.98. The monoisotopic (exact) mass is 194 g/mol. The van der Waals surface area contributed by atoms with Crippen molar-refractivity contribution in [3.63, 3.8) is 0 Å². The first kappa shape index (κ1) is 10.8. The molecule has 0 aliphatic rings. The van der Waals surface area contributed by atoms with Crippen LogP contribution in [0, 0.1) is 5.92 Å². The predicted octanol–water partition coefficient (Wildman–Crippen LogP) is 1.61. The van der Waals surface area contributed by atoms with Crippen LogP contribution in [0.2, 0.25) is 0 Å². The third-order valence-electron chi connectivity index (χ3n) is 1.91. The highest BCUT2D eigenvalue weighted by Gasteiger charge is 2.05. The quantitative estimate of drug-likeness (QED) is 0.790. The molecule has 0 radical (unpaired) electrons. The number of aromatic nitrogens is 2. The lowest BCUT2D eigenvalue weighted by Crippen LogP contribution is -2.23. The SMILES string of the molecule is CNc1cncc(N(C)CC(C)C)n1. The Kier molecular flexibility index (Phi) is 3.68. The van der Waals surface area contributed by atoms with Crippen LogP contribution in [-0.4, -0.2) is 30.6 Å². The van der Waals surface area contributed by atoms with Crippen molar-refractivity contribution in [2.45, 2.75) is 13.8 Å². The van der Waals surface area contributed by atoms with Crippen molar-refractivity contribution in [3.8, 4) is 0 Å². The van der Waals surface area contributed by atoms with Crippen molar-refractivity contribution in [2.75, 3.05) is 30.9 Å². The molecule has 0 bridgehead atoms. The molecule has 0 spiro atoms. The highest BCUT2D eigenvalue weighted by atomic mass is 15.2. The third-order valence-corrected chi connectivity index (χ3v) is 1.91. The molecule has 0 aromatic carbocycles. The van der Waals surface area contributed by atoms with Crippen LogP contribution in [0.15, 0.2) is 12.4 Å². The van der Waals surface area contributed by atoms with Crippen LogP contribution in [0.5, 0.6) is 0 Å². The molecule has 0 aliphatic heterocycles. The number of hydrogen-bond acceptors (Lipinski definition) is 4. The molecule has 0 saturated carbocycles. The lowest BCUT2D eigenvalue weighted by atomic mass is 10.2. The van der Waals surface area contributed by atoms with Gasteiger partial charge >= 0.3 is 0 Å². The van der Waals surface area contributed by atoms with Gasteiger partial charge in [0.1, 0.15) is 11.6 Å². The van der Waals surface area contributed by atoms with Crippen molar-refractivity contribution >= 4 is 11.6 Å². The van der Waals surface area contributed by atoms with Gasteiger partial charge in [-0.1, -0.05) is 13.8 Å². The zero-order chi connectivity index (χ0) is 10.6. The molecular weight excluding hydrogens is 176 g/mol. The summed E-state index contributed by atoms with van der Waals surface area (Å²) in [6.45, 7) is 5.36. The predicted molar refractivity (Wildman–Crippen MR) is 59.7 cm³/mol. The van der Waals surface area contributed by atoms with E-state index in [1.54, 1.807) is 12.4 Å². The summed E-state index contributed by atoms with van der Waals surface area (Å²) >= 11 is 0. The van der Waals surface area contributed by atoms with Crippen LogP contribution < -0.4 is 10.2 Å². The van der Waals surface area contributed by atoms with Gasteiger partial charge in [0.25, 0.3) is 0 Å².